The number of ether oxygens (including phenoxy) is 1. The van der Waals surface area contributed by atoms with E-state index in [9.17, 15) is 8.78 Å². The standard InChI is InChI=1S/C16H15BrF2OS/c1-16(2,21-3)10-4-6-14(12(17)8-10)20-15-7-5-11(18)9-13(15)19/h4-9H,1-3H3. The first-order valence-electron chi connectivity index (χ1n) is 6.31. The number of benzene rings is 2. The second kappa shape index (κ2) is 6.36. The van der Waals surface area contributed by atoms with Crippen LogP contribution in [0.25, 0.3) is 0 Å². The molecule has 0 aromatic heterocycles. The van der Waals surface area contributed by atoms with Crippen LogP contribution in [0.2, 0.25) is 0 Å². The minimum Gasteiger partial charge on any atom is -0.453 e. The van der Waals surface area contributed by atoms with E-state index in [2.05, 4.69) is 29.8 Å². The van der Waals surface area contributed by atoms with Crippen LogP contribution in [-0.4, -0.2) is 6.26 Å². The van der Waals surface area contributed by atoms with E-state index >= 15 is 0 Å². The Hall–Kier alpha value is -1.07. The van der Waals surface area contributed by atoms with Crippen molar-refractivity contribution in [3.63, 3.8) is 0 Å². The quantitative estimate of drug-likeness (QED) is 0.639. The van der Waals surface area contributed by atoms with Crippen molar-refractivity contribution in [2.45, 2.75) is 18.6 Å². The van der Waals surface area contributed by atoms with Gasteiger partial charge >= 0.3 is 0 Å². The van der Waals surface area contributed by atoms with E-state index in [4.69, 9.17) is 4.74 Å². The molecule has 0 aliphatic carbocycles. The molecule has 0 saturated heterocycles. The van der Waals surface area contributed by atoms with E-state index in [0.717, 1.165) is 22.2 Å². The maximum absolute atomic E-state index is 13.6. The molecule has 0 saturated carbocycles. The van der Waals surface area contributed by atoms with Crippen LogP contribution < -0.4 is 4.74 Å². The molecule has 0 amide bonds. The van der Waals surface area contributed by atoms with Gasteiger partial charge in [0.2, 0.25) is 0 Å². The van der Waals surface area contributed by atoms with Gasteiger partial charge < -0.3 is 4.74 Å². The average molecular weight is 373 g/mol. The Morgan fingerprint density at radius 3 is 2.29 bits per heavy atom. The lowest BCUT2D eigenvalue weighted by Gasteiger charge is -2.23. The van der Waals surface area contributed by atoms with Crippen molar-refractivity contribution >= 4 is 27.7 Å². The smallest absolute Gasteiger partial charge is 0.168 e. The Kier molecular flexibility index (Phi) is 4.94. The molecule has 112 valence electrons. The van der Waals surface area contributed by atoms with Gasteiger partial charge in [0.25, 0.3) is 0 Å². The van der Waals surface area contributed by atoms with Gasteiger partial charge in [-0.1, -0.05) is 6.07 Å². The predicted molar refractivity (Wildman–Crippen MR) is 87.1 cm³/mol. The Balaban J connectivity index is 2.30. The Bertz CT molecular complexity index is 659. The zero-order chi connectivity index (χ0) is 15.6. The monoisotopic (exact) mass is 372 g/mol. The van der Waals surface area contributed by atoms with Crippen molar-refractivity contribution in [3.05, 3.63) is 58.1 Å². The fourth-order valence-corrected chi connectivity index (χ4v) is 2.57. The minimum atomic E-state index is -0.726. The molecule has 2 aromatic carbocycles. The number of rotatable bonds is 4. The van der Waals surface area contributed by atoms with Crippen LogP contribution in [0, 0.1) is 11.6 Å². The van der Waals surface area contributed by atoms with Crippen molar-refractivity contribution in [1.29, 1.82) is 0 Å². The first-order valence-corrected chi connectivity index (χ1v) is 8.33. The molecule has 0 unspecified atom stereocenters. The lowest BCUT2D eigenvalue weighted by Crippen LogP contribution is -2.10. The van der Waals surface area contributed by atoms with Gasteiger partial charge in [0.05, 0.1) is 4.47 Å². The van der Waals surface area contributed by atoms with E-state index in [1.54, 1.807) is 17.8 Å². The van der Waals surface area contributed by atoms with Crippen LogP contribution in [0.5, 0.6) is 11.5 Å². The van der Waals surface area contributed by atoms with Crippen LogP contribution in [0.3, 0.4) is 0 Å². The number of hydrogen-bond donors (Lipinski definition) is 0. The van der Waals surface area contributed by atoms with Crippen molar-refractivity contribution in [2.75, 3.05) is 6.26 Å². The largest absolute Gasteiger partial charge is 0.453 e. The summed E-state index contributed by atoms with van der Waals surface area (Å²) in [5.74, 6) is -0.874. The van der Waals surface area contributed by atoms with Gasteiger partial charge in [-0.3, -0.25) is 0 Å². The second-order valence-corrected chi connectivity index (χ2v) is 7.32. The topological polar surface area (TPSA) is 9.23 Å². The van der Waals surface area contributed by atoms with Crippen LogP contribution in [0.4, 0.5) is 8.78 Å². The Labute approximate surface area is 135 Å². The predicted octanol–water partition coefficient (Wildman–Crippen LogP) is 6.12. The molecule has 0 fully saturated rings. The third kappa shape index (κ3) is 3.77. The first kappa shape index (κ1) is 16.3. The Morgan fingerprint density at radius 2 is 1.71 bits per heavy atom. The molecule has 0 aliphatic rings. The normalized spacial score (nSPS) is 11.5. The lowest BCUT2D eigenvalue weighted by atomic mass is 10.0. The summed E-state index contributed by atoms with van der Waals surface area (Å²) in [6, 6.07) is 8.91. The van der Waals surface area contributed by atoms with E-state index in [1.165, 1.54) is 6.07 Å². The average Bonchev–Trinajstić information content (AvgIpc) is 2.43. The zero-order valence-corrected chi connectivity index (χ0v) is 14.3. The highest BCUT2D eigenvalue weighted by atomic mass is 79.9. The van der Waals surface area contributed by atoms with Gasteiger partial charge in [0, 0.05) is 10.8 Å². The molecule has 0 bridgehead atoms. The van der Waals surface area contributed by atoms with Crippen molar-refractivity contribution in [2.24, 2.45) is 0 Å². The summed E-state index contributed by atoms with van der Waals surface area (Å²) in [7, 11) is 0. The van der Waals surface area contributed by atoms with Crippen LogP contribution in [0.1, 0.15) is 19.4 Å². The molecular formula is C16H15BrF2OS. The SMILES string of the molecule is CSC(C)(C)c1ccc(Oc2ccc(F)cc2F)c(Br)c1. The van der Waals surface area contributed by atoms with Crippen LogP contribution >= 0.6 is 27.7 Å². The summed E-state index contributed by atoms with van der Waals surface area (Å²) >= 11 is 5.17. The molecule has 0 atom stereocenters. The highest BCUT2D eigenvalue weighted by molar-refractivity contribution is 9.10. The summed E-state index contributed by atoms with van der Waals surface area (Å²) in [6.07, 6.45) is 2.05. The molecule has 1 nitrogen and oxygen atoms in total. The van der Waals surface area contributed by atoms with E-state index in [-0.39, 0.29) is 10.5 Å². The van der Waals surface area contributed by atoms with Crippen LogP contribution in [-0.2, 0) is 4.75 Å². The summed E-state index contributed by atoms with van der Waals surface area (Å²) in [5.41, 5.74) is 1.13. The molecule has 2 rings (SSSR count). The molecule has 0 N–H and O–H groups in total. The highest BCUT2D eigenvalue weighted by Gasteiger charge is 2.20. The summed E-state index contributed by atoms with van der Waals surface area (Å²) in [5, 5.41) is 0. The first-order chi connectivity index (χ1) is 9.83. The summed E-state index contributed by atoms with van der Waals surface area (Å²) in [4.78, 5) is 0. The maximum Gasteiger partial charge on any atom is 0.168 e. The van der Waals surface area contributed by atoms with Gasteiger partial charge in [-0.05, 0) is 65.9 Å². The zero-order valence-electron chi connectivity index (χ0n) is 11.9. The van der Waals surface area contributed by atoms with Gasteiger partial charge in [0.15, 0.2) is 11.6 Å². The van der Waals surface area contributed by atoms with E-state index in [1.807, 2.05) is 18.4 Å². The van der Waals surface area contributed by atoms with Crippen molar-refractivity contribution < 1.29 is 13.5 Å². The van der Waals surface area contributed by atoms with Gasteiger partial charge in [-0.2, -0.15) is 11.8 Å². The second-order valence-electron chi connectivity index (χ2n) is 5.04. The lowest BCUT2D eigenvalue weighted by molar-refractivity contribution is 0.435. The molecule has 2 aromatic rings. The number of hydrogen-bond acceptors (Lipinski definition) is 2. The summed E-state index contributed by atoms with van der Waals surface area (Å²) < 4.78 is 32.7. The van der Waals surface area contributed by atoms with Crippen LogP contribution in [0.15, 0.2) is 40.9 Å². The molecule has 0 radical (unpaired) electrons. The molecule has 21 heavy (non-hydrogen) atoms. The molecule has 0 spiro atoms. The fraction of sp³-hybridized carbons (Fsp3) is 0.250. The minimum absolute atomic E-state index is 0.00558. The highest BCUT2D eigenvalue weighted by Crippen LogP contribution is 2.38. The number of halogens is 3. The molecule has 0 aliphatic heterocycles. The molecular weight excluding hydrogens is 358 g/mol. The molecule has 5 heteroatoms. The van der Waals surface area contributed by atoms with E-state index < -0.39 is 11.6 Å². The Morgan fingerprint density at radius 1 is 1.05 bits per heavy atom. The van der Waals surface area contributed by atoms with Gasteiger partial charge in [-0.25, -0.2) is 8.78 Å². The maximum atomic E-state index is 13.6. The number of thioether (sulfide) groups is 1. The molecule has 0 heterocycles. The van der Waals surface area contributed by atoms with E-state index in [0.29, 0.717) is 5.75 Å². The third-order valence-corrected chi connectivity index (χ3v) is 5.13. The fourth-order valence-electron chi connectivity index (χ4n) is 1.75. The van der Waals surface area contributed by atoms with Crippen molar-refractivity contribution in [1.82, 2.24) is 0 Å². The van der Waals surface area contributed by atoms with Gasteiger partial charge in [0.1, 0.15) is 11.6 Å². The van der Waals surface area contributed by atoms with Gasteiger partial charge in [-0.15, -0.1) is 0 Å². The van der Waals surface area contributed by atoms with Crippen molar-refractivity contribution in [3.8, 4) is 11.5 Å². The summed E-state index contributed by atoms with van der Waals surface area (Å²) in [6.45, 7) is 4.25. The third-order valence-electron chi connectivity index (χ3n) is 3.25.